The first-order valence-corrected chi connectivity index (χ1v) is 12.2. The lowest BCUT2D eigenvalue weighted by Crippen LogP contribution is -2.49. The third-order valence-corrected chi connectivity index (χ3v) is 7.33. The largest absolute Gasteiger partial charge is 0.379 e. The van der Waals surface area contributed by atoms with Crippen LogP contribution in [-0.2, 0) is 19.7 Å². The summed E-state index contributed by atoms with van der Waals surface area (Å²) < 4.78 is 29.8. The van der Waals surface area contributed by atoms with E-state index in [0.29, 0.717) is 36.3 Å². The highest BCUT2D eigenvalue weighted by molar-refractivity contribution is 8.18. The average molecular weight is 472 g/mol. The molecule has 2 heterocycles. The van der Waals surface area contributed by atoms with Crippen LogP contribution in [-0.4, -0.2) is 61.4 Å². The molecule has 2 aliphatic rings. The van der Waals surface area contributed by atoms with E-state index < -0.39 is 10.1 Å². The van der Waals surface area contributed by atoms with Crippen LogP contribution in [0.4, 0.5) is 0 Å². The maximum atomic E-state index is 12.3. The number of rotatable bonds is 4. The maximum Gasteiger partial charge on any atom is 0.339 e. The van der Waals surface area contributed by atoms with E-state index in [1.807, 2.05) is 4.90 Å². The Balaban J connectivity index is 1.40. The van der Waals surface area contributed by atoms with E-state index in [9.17, 15) is 18.0 Å². The minimum absolute atomic E-state index is 0.0475. The van der Waals surface area contributed by atoms with Crippen LogP contribution < -0.4 is 4.18 Å². The predicted molar refractivity (Wildman–Crippen MR) is 123 cm³/mol. The van der Waals surface area contributed by atoms with Crippen molar-refractivity contribution in [3.05, 3.63) is 65.1 Å². The third kappa shape index (κ3) is 5.03. The summed E-state index contributed by atoms with van der Waals surface area (Å²) in [5.41, 5.74) is 0.725. The zero-order valence-corrected chi connectivity index (χ0v) is 18.9. The van der Waals surface area contributed by atoms with Crippen LogP contribution in [0.5, 0.6) is 5.75 Å². The molecule has 0 spiro atoms. The van der Waals surface area contributed by atoms with Gasteiger partial charge in [-0.1, -0.05) is 30.3 Å². The number of carbonyl (C=O) groups is 2. The molecule has 4 rings (SSSR count). The molecule has 0 radical (unpaired) electrons. The number of amidine groups is 1. The molecule has 2 aromatic rings. The minimum atomic E-state index is -3.91. The number of aliphatic imine (C=N–C) groups is 1. The zero-order chi connectivity index (χ0) is 22.7. The Bertz CT molecular complexity index is 1180. The van der Waals surface area contributed by atoms with Gasteiger partial charge in [-0.2, -0.15) is 13.4 Å². The van der Waals surface area contributed by atoms with Crippen LogP contribution in [0.2, 0.25) is 0 Å². The van der Waals surface area contributed by atoms with Gasteiger partial charge in [0.2, 0.25) is 5.91 Å². The second-order valence-corrected chi connectivity index (χ2v) is 9.78. The summed E-state index contributed by atoms with van der Waals surface area (Å²) in [5.74, 6) is -0.0843. The fourth-order valence-electron chi connectivity index (χ4n) is 3.28. The van der Waals surface area contributed by atoms with Gasteiger partial charge in [-0.25, -0.2) is 0 Å². The standard InChI is InChI=1S/C22H21N3O5S2/c1-16(26)24-11-13-25(14-12-24)22-23-21(27)20(31-22)15-17-7-9-18(10-8-17)30-32(28,29)19-5-3-2-4-6-19/h2-10,15H,11-14H2,1H3. The highest BCUT2D eigenvalue weighted by atomic mass is 32.2. The lowest BCUT2D eigenvalue weighted by Gasteiger charge is -2.34. The Labute approximate surface area is 190 Å². The fourth-order valence-corrected chi connectivity index (χ4v) is 5.19. The fraction of sp³-hybridized carbons (Fsp3) is 0.227. The molecule has 8 nitrogen and oxygen atoms in total. The molecule has 0 unspecified atom stereocenters. The molecule has 1 saturated heterocycles. The van der Waals surface area contributed by atoms with E-state index in [-0.39, 0.29) is 22.5 Å². The lowest BCUT2D eigenvalue weighted by molar-refractivity contribution is -0.130. The molecule has 0 bridgehead atoms. The first-order chi connectivity index (χ1) is 15.3. The summed E-state index contributed by atoms with van der Waals surface area (Å²) in [4.78, 5) is 32.3. The molecular formula is C22H21N3O5S2. The van der Waals surface area contributed by atoms with Crippen molar-refractivity contribution in [2.75, 3.05) is 26.2 Å². The quantitative estimate of drug-likeness (QED) is 0.499. The number of amides is 2. The summed E-state index contributed by atoms with van der Waals surface area (Å²) in [6.07, 6.45) is 1.71. The molecule has 0 atom stereocenters. The third-order valence-electron chi connectivity index (χ3n) is 5.02. The van der Waals surface area contributed by atoms with Gasteiger partial charge in [0.25, 0.3) is 5.91 Å². The molecular weight excluding hydrogens is 450 g/mol. The Hall–Kier alpha value is -3.11. The van der Waals surface area contributed by atoms with Gasteiger partial charge in [0.05, 0.1) is 4.91 Å². The molecule has 1 fully saturated rings. The number of benzene rings is 2. The van der Waals surface area contributed by atoms with Crippen molar-refractivity contribution in [1.29, 1.82) is 0 Å². The van der Waals surface area contributed by atoms with Crippen molar-refractivity contribution in [3.63, 3.8) is 0 Å². The Morgan fingerprint density at radius 3 is 2.31 bits per heavy atom. The molecule has 0 saturated carbocycles. The molecule has 2 amide bonds. The van der Waals surface area contributed by atoms with Crippen molar-refractivity contribution in [2.24, 2.45) is 4.99 Å². The van der Waals surface area contributed by atoms with Gasteiger partial charge >= 0.3 is 10.1 Å². The number of nitrogens with zero attached hydrogens (tertiary/aromatic N) is 3. The maximum absolute atomic E-state index is 12.3. The van der Waals surface area contributed by atoms with Gasteiger partial charge in [-0.05, 0) is 47.7 Å². The molecule has 0 aliphatic carbocycles. The van der Waals surface area contributed by atoms with E-state index >= 15 is 0 Å². The topological polar surface area (TPSA) is 96.3 Å². The van der Waals surface area contributed by atoms with Gasteiger partial charge in [-0.3, -0.25) is 9.59 Å². The second kappa shape index (κ2) is 9.17. The van der Waals surface area contributed by atoms with Crippen LogP contribution in [0.3, 0.4) is 0 Å². The lowest BCUT2D eigenvalue weighted by atomic mass is 10.2. The van der Waals surface area contributed by atoms with Crippen LogP contribution in [0.1, 0.15) is 12.5 Å². The molecule has 2 aromatic carbocycles. The van der Waals surface area contributed by atoms with Crippen LogP contribution in [0.15, 0.2) is 69.4 Å². The van der Waals surface area contributed by atoms with Gasteiger partial charge < -0.3 is 14.0 Å². The number of hydrogen-bond donors (Lipinski definition) is 0. The van der Waals surface area contributed by atoms with Crippen LogP contribution in [0.25, 0.3) is 6.08 Å². The Morgan fingerprint density at radius 1 is 1.03 bits per heavy atom. The van der Waals surface area contributed by atoms with Gasteiger partial charge in [0, 0.05) is 33.1 Å². The number of hydrogen-bond acceptors (Lipinski definition) is 7. The predicted octanol–water partition coefficient (Wildman–Crippen LogP) is 2.59. The molecule has 0 N–H and O–H groups in total. The number of piperazine rings is 1. The summed E-state index contributed by atoms with van der Waals surface area (Å²) >= 11 is 1.30. The number of carbonyl (C=O) groups excluding carboxylic acids is 2. The van der Waals surface area contributed by atoms with Crippen molar-refractivity contribution >= 4 is 44.9 Å². The summed E-state index contributed by atoms with van der Waals surface area (Å²) in [5, 5.41) is 0.637. The van der Waals surface area contributed by atoms with E-state index in [1.54, 1.807) is 60.4 Å². The second-order valence-electron chi connectivity index (χ2n) is 7.22. The van der Waals surface area contributed by atoms with Crippen LogP contribution in [0, 0.1) is 0 Å². The molecule has 0 aromatic heterocycles. The minimum Gasteiger partial charge on any atom is -0.379 e. The highest BCUT2D eigenvalue weighted by Crippen LogP contribution is 2.31. The molecule has 166 valence electrons. The summed E-state index contributed by atoms with van der Waals surface area (Å²) in [6, 6.07) is 14.4. The van der Waals surface area contributed by atoms with Crippen molar-refractivity contribution in [1.82, 2.24) is 9.80 Å². The normalized spacial score (nSPS) is 18.1. The summed E-state index contributed by atoms with van der Waals surface area (Å²) in [6.45, 7) is 4.03. The van der Waals surface area contributed by atoms with E-state index in [4.69, 9.17) is 4.18 Å². The van der Waals surface area contributed by atoms with Crippen molar-refractivity contribution in [2.45, 2.75) is 11.8 Å². The molecule has 10 heteroatoms. The SMILES string of the molecule is CC(=O)N1CCN(C2=NC(=O)C(=Cc3ccc(OS(=O)(=O)c4ccccc4)cc3)S2)CC1. The first-order valence-electron chi connectivity index (χ1n) is 9.94. The van der Waals surface area contributed by atoms with Crippen molar-refractivity contribution < 1.29 is 22.2 Å². The first kappa shape index (κ1) is 22.1. The van der Waals surface area contributed by atoms with E-state index in [2.05, 4.69) is 4.99 Å². The smallest absolute Gasteiger partial charge is 0.339 e. The van der Waals surface area contributed by atoms with Gasteiger partial charge in [-0.15, -0.1) is 0 Å². The van der Waals surface area contributed by atoms with Gasteiger partial charge in [0.15, 0.2) is 5.17 Å². The average Bonchev–Trinajstić information content (AvgIpc) is 3.16. The van der Waals surface area contributed by atoms with E-state index in [1.165, 1.54) is 23.9 Å². The van der Waals surface area contributed by atoms with Gasteiger partial charge in [0.1, 0.15) is 10.6 Å². The summed E-state index contributed by atoms with van der Waals surface area (Å²) in [7, 11) is -3.91. The monoisotopic (exact) mass is 471 g/mol. The molecule has 32 heavy (non-hydrogen) atoms. The molecule has 2 aliphatic heterocycles. The number of thioether (sulfide) groups is 1. The zero-order valence-electron chi connectivity index (χ0n) is 17.3. The Kier molecular flexibility index (Phi) is 6.33. The van der Waals surface area contributed by atoms with E-state index in [0.717, 1.165) is 5.56 Å². The van der Waals surface area contributed by atoms with Crippen LogP contribution >= 0.6 is 11.8 Å². The highest BCUT2D eigenvalue weighted by Gasteiger charge is 2.29. The Morgan fingerprint density at radius 2 is 1.69 bits per heavy atom. The van der Waals surface area contributed by atoms with Crippen molar-refractivity contribution in [3.8, 4) is 5.75 Å².